The molecule has 1 aliphatic rings. The molecule has 6 nitrogen and oxygen atoms in total. The number of esters is 1. The summed E-state index contributed by atoms with van der Waals surface area (Å²) in [5.74, 6) is -0.475. The van der Waals surface area contributed by atoms with Gasteiger partial charge in [-0.05, 0) is 36.3 Å². The van der Waals surface area contributed by atoms with Crippen LogP contribution in [0.4, 0.5) is 0 Å². The molecular formula is C20H24N2O4. The highest BCUT2D eigenvalue weighted by molar-refractivity contribution is 5.94. The number of benzene rings is 1. The first kappa shape index (κ1) is 18.2. The Balaban J connectivity index is 1.65. The third kappa shape index (κ3) is 3.79. The highest BCUT2D eigenvalue weighted by Gasteiger charge is 2.28. The monoisotopic (exact) mass is 356 g/mol. The fourth-order valence-electron chi connectivity index (χ4n) is 3.68. The van der Waals surface area contributed by atoms with Gasteiger partial charge in [-0.1, -0.05) is 38.0 Å². The molecule has 1 N–H and O–H groups in total. The highest BCUT2D eigenvalue weighted by Crippen LogP contribution is 2.27. The molecule has 0 saturated heterocycles. The van der Waals surface area contributed by atoms with Crippen LogP contribution in [-0.4, -0.2) is 41.5 Å². The van der Waals surface area contributed by atoms with Crippen LogP contribution in [0.15, 0.2) is 35.1 Å². The standard InChI is InChI=1S/C20H24N2O4/c1-13-7-3-6-10-17(13)22(2)18(23)12-26-20(25)16-11-14-8-4-5-9-15(14)19(24)21-16/h4-5,8-9,11,13,17H,3,6-7,10,12H2,1-2H3,(H,21,24)/t13-,17-/m1/s1. The van der Waals surface area contributed by atoms with Crippen molar-refractivity contribution in [2.75, 3.05) is 13.7 Å². The summed E-state index contributed by atoms with van der Waals surface area (Å²) < 4.78 is 5.14. The Morgan fingerprint density at radius 2 is 1.96 bits per heavy atom. The molecule has 1 aliphatic carbocycles. The molecule has 6 heteroatoms. The van der Waals surface area contributed by atoms with Crippen molar-refractivity contribution in [3.05, 3.63) is 46.4 Å². The molecule has 1 aromatic carbocycles. The summed E-state index contributed by atoms with van der Waals surface area (Å²) in [7, 11) is 1.76. The first-order chi connectivity index (χ1) is 12.5. The van der Waals surface area contributed by atoms with E-state index in [1.165, 1.54) is 6.42 Å². The van der Waals surface area contributed by atoms with Gasteiger partial charge in [0.25, 0.3) is 11.5 Å². The maximum atomic E-state index is 12.4. The summed E-state index contributed by atoms with van der Waals surface area (Å²) in [5.41, 5.74) is -0.301. The van der Waals surface area contributed by atoms with Crippen LogP contribution in [0.25, 0.3) is 10.8 Å². The largest absolute Gasteiger partial charge is 0.451 e. The molecule has 0 aliphatic heterocycles. The lowest BCUT2D eigenvalue weighted by Crippen LogP contribution is -2.44. The summed E-state index contributed by atoms with van der Waals surface area (Å²) in [4.78, 5) is 40.9. The lowest BCUT2D eigenvalue weighted by Gasteiger charge is -2.36. The van der Waals surface area contributed by atoms with Crippen LogP contribution in [0.5, 0.6) is 0 Å². The predicted octanol–water partition coefficient (Wildman–Crippen LogP) is 2.72. The van der Waals surface area contributed by atoms with E-state index in [9.17, 15) is 14.4 Å². The van der Waals surface area contributed by atoms with Gasteiger partial charge in [0.1, 0.15) is 5.69 Å². The van der Waals surface area contributed by atoms with E-state index in [0.29, 0.717) is 16.7 Å². The van der Waals surface area contributed by atoms with Crippen LogP contribution in [0.2, 0.25) is 0 Å². The number of ether oxygens (including phenoxy) is 1. The zero-order valence-electron chi connectivity index (χ0n) is 15.2. The van der Waals surface area contributed by atoms with Gasteiger partial charge in [-0.25, -0.2) is 4.79 Å². The van der Waals surface area contributed by atoms with Crippen molar-refractivity contribution in [3.63, 3.8) is 0 Å². The van der Waals surface area contributed by atoms with Gasteiger partial charge in [0.15, 0.2) is 6.61 Å². The number of carbonyl (C=O) groups excluding carboxylic acids is 2. The van der Waals surface area contributed by atoms with E-state index in [2.05, 4.69) is 11.9 Å². The summed E-state index contributed by atoms with van der Waals surface area (Å²) in [5, 5.41) is 1.16. The molecule has 1 aromatic heterocycles. The summed E-state index contributed by atoms with van der Waals surface area (Å²) in [6, 6.07) is 8.75. The fourth-order valence-corrected chi connectivity index (χ4v) is 3.68. The molecule has 0 unspecified atom stereocenters. The minimum absolute atomic E-state index is 0.0511. The van der Waals surface area contributed by atoms with E-state index < -0.39 is 5.97 Å². The van der Waals surface area contributed by atoms with Crippen molar-refractivity contribution in [2.24, 2.45) is 5.92 Å². The van der Waals surface area contributed by atoms with Crippen LogP contribution in [0, 0.1) is 5.92 Å². The van der Waals surface area contributed by atoms with E-state index in [0.717, 1.165) is 19.3 Å². The summed E-state index contributed by atoms with van der Waals surface area (Å²) in [6.45, 7) is 1.83. The van der Waals surface area contributed by atoms with Crippen molar-refractivity contribution in [1.29, 1.82) is 0 Å². The number of carbonyl (C=O) groups is 2. The number of amides is 1. The third-order valence-corrected chi connectivity index (χ3v) is 5.26. The Bertz CT molecular complexity index is 873. The van der Waals surface area contributed by atoms with Gasteiger partial charge in [-0.3, -0.25) is 9.59 Å². The van der Waals surface area contributed by atoms with Gasteiger partial charge >= 0.3 is 5.97 Å². The second-order valence-corrected chi connectivity index (χ2v) is 7.01. The highest BCUT2D eigenvalue weighted by atomic mass is 16.5. The molecule has 138 valence electrons. The second-order valence-electron chi connectivity index (χ2n) is 7.01. The molecule has 3 rings (SSSR count). The Hall–Kier alpha value is -2.63. The molecule has 0 bridgehead atoms. The van der Waals surface area contributed by atoms with Gasteiger partial charge in [-0.2, -0.15) is 0 Å². The fraction of sp³-hybridized carbons (Fsp3) is 0.450. The Morgan fingerprint density at radius 1 is 1.23 bits per heavy atom. The quantitative estimate of drug-likeness (QED) is 0.854. The number of nitrogens with one attached hydrogen (secondary N) is 1. The smallest absolute Gasteiger partial charge is 0.355 e. The zero-order valence-corrected chi connectivity index (χ0v) is 15.2. The SMILES string of the molecule is C[C@@H]1CCCC[C@H]1N(C)C(=O)COC(=O)c1cc2ccccc2c(=O)[nH]1. The number of hydrogen-bond donors (Lipinski definition) is 1. The first-order valence-electron chi connectivity index (χ1n) is 9.02. The number of fused-ring (bicyclic) bond motifs is 1. The van der Waals surface area contributed by atoms with Crippen LogP contribution >= 0.6 is 0 Å². The minimum Gasteiger partial charge on any atom is -0.451 e. The van der Waals surface area contributed by atoms with Crippen LogP contribution in [-0.2, 0) is 9.53 Å². The predicted molar refractivity (Wildman–Crippen MR) is 99.0 cm³/mol. The molecule has 2 atom stereocenters. The van der Waals surface area contributed by atoms with Gasteiger partial charge in [-0.15, -0.1) is 0 Å². The Morgan fingerprint density at radius 3 is 2.73 bits per heavy atom. The normalized spacial score (nSPS) is 19.9. The van der Waals surface area contributed by atoms with Gasteiger partial charge in [0.2, 0.25) is 0 Å². The van der Waals surface area contributed by atoms with Gasteiger partial charge in [0, 0.05) is 18.5 Å². The van der Waals surface area contributed by atoms with Crippen molar-refractivity contribution in [3.8, 4) is 0 Å². The van der Waals surface area contributed by atoms with Crippen molar-refractivity contribution in [2.45, 2.75) is 38.6 Å². The van der Waals surface area contributed by atoms with Crippen molar-refractivity contribution in [1.82, 2.24) is 9.88 Å². The second kappa shape index (κ2) is 7.72. The Kier molecular flexibility index (Phi) is 5.40. The van der Waals surface area contributed by atoms with E-state index in [1.54, 1.807) is 42.3 Å². The number of H-pyrrole nitrogens is 1. The maximum Gasteiger partial charge on any atom is 0.355 e. The molecule has 2 aromatic rings. The Labute approximate surface area is 152 Å². The number of pyridine rings is 1. The average Bonchev–Trinajstić information content (AvgIpc) is 2.65. The molecule has 0 radical (unpaired) electrons. The number of likely N-dealkylation sites (N-methyl/N-ethyl adjacent to an activating group) is 1. The molecule has 1 heterocycles. The van der Waals surface area contributed by atoms with E-state index in [-0.39, 0.29) is 29.8 Å². The number of aromatic amines is 1. The topological polar surface area (TPSA) is 79.5 Å². The van der Waals surface area contributed by atoms with E-state index in [4.69, 9.17) is 4.74 Å². The average molecular weight is 356 g/mol. The molecule has 1 saturated carbocycles. The molecular weight excluding hydrogens is 332 g/mol. The van der Waals surface area contributed by atoms with Gasteiger partial charge < -0.3 is 14.6 Å². The molecule has 0 spiro atoms. The van der Waals surface area contributed by atoms with E-state index >= 15 is 0 Å². The minimum atomic E-state index is -0.703. The van der Waals surface area contributed by atoms with Crippen LogP contribution in [0.1, 0.15) is 43.1 Å². The maximum absolute atomic E-state index is 12.4. The van der Waals surface area contributed by atoms with Crippen LogP contribution in [0.3, 0.4) is 0 Å². The third-order valence-electron chi connectivity index (χ3n) is 5.26. The molecule has 1 amide bonds. The van der Waals surface area contributed by atoms with Crippen molar-refractivity contribution >= 4 is 22.6 Å². The number of rotatable bonds is 4. The number of hydrogen-bond acceptors (Lipinski definition) is 4. The lowest BCUT2D eigenvalue weighted by molar-refractivity contribution is -0.136. The zero-order chi connectivity index (χ0) is 18.7. The first-order valence-corrected chi connectivity index (χ1v) is 9.02. The van der Waals surface area contributed by atoms with Crippen molar-refractivity contribution < 1.29 is 14.3 Å². The molecule has 1 fully saturated rings. The summed E-state index contributed by atoms with van der Waals surface area (Å²) >= 11 is 0. The molecule has 26 heavy (non-hydrogen) atoms. The van der Waals surface area contributed by atoms with E-state index in [1.807, 2.05) is 0 Å². The number of nitrogens with zero attached hydrogens (tertiary/aromatic N) is 1. The summed E-state index contributed by atoms with van der Waals surface area (Å²) in [6.07, 6.45) is 4.41. The lowest BCUT2D eigenvalue weighted by atomic mass is 9.85. The van der Waals surface area contributed by atoms with Crippen LogP contribution < -0.4 is 5.56 Å². The van der Waals surface area contributed by atoms with Gasteiger partial charge in [0.05, 0.1) is 0 Å². The number of aromatic nitrogens is 1.